The van der Waals surface area contributed by atoms with Crippen molar-refractivity contribution in [1.29, 1.82) is 0 Å². The molecule has 0 heterocycles. The lowest BCUT2D eigenvalue weighted by molar-refractivity contribution is -0.132. The number of phenols is 2. The summed E-state index contributed by atoms with van der Waals surface area (Å²) in [5, 5.41) is 42.0. The van der Waals surface area contributed by atoms with Crippen molar-refractivity contribution in [3.8, 4) is 17.2 Å². The number of carboxylic acid groups (broad SMARTS) is 3. The van der Waals surface area contributed by atoms with Crippen LogP contribution in [0.3, 0.4) is 0 Å². The summed E-state index contributed by atoms with van der Waals surface area (Å²) in [4.78, 5) is 27.8. The third-order valence-corrected chi connectivity index (χ3v) is 4.09. The molecule has 0 bridgehead atoms. The third kappa shape index (κ3) is 14.3. The van der Waals surface area contributed by atoms with Crippen LogP contribution in [0, 0.1) is 0 Å². The highest BCUT2D eigenvalue weighted by atomic mass is 16.5. The topological polar surface area (TPSA) is 162 Å². The lowest BCUT2D eigenvalue weighted by Crippen LogP contribution is -2.18. The molecule has 5 N–H and O–H groups in total. The Kier molecular flexibility index (Phi) is 15.9. The van der Waals surface area contributed by atoms with Gasteiger partial charge in [-0.1, -0.05) is 51.8 Å². The maximum atomic E-state index is 9.78. The second kappa shape index (κ2) is 17.0. The van der Waals surface area contributed by atoms with Gasteiger partial charge in [0.1, 0.15) is 5.75 Å². The van der Waals surface area contributed by atoms with E-state index in [0.717, 1.165) is 29.4 Å². The van der Waals surface area contributed by atoms with Gasteiger partial charge in [-0.25, -0.2) is 14.4 Å². The number of carboxylic acids is 3. The molecule has 0 unspecified atom stereocenters. The van der Waals surface area contributed by atoms with E-state index in [0.29, 0.717) is 12.4 Å². The Morgan fingerprint density at radius 2 is 1.17 bits per heavy atom. The predicted molar refractivity (Wildman–Crippen MR) is 133 cm³/mol. The van der Waals surface area contributed by atoms with Crippen molar-refractivity contribution in [2.75, 3.05) is 6.61 Å². The quantitative estimate of drug-likeness (QED) is 0.351. The molecule has 0 fully saturated rings. The van der Waals surface area contributed by atoms with Crippen LogP contribution in [0.1, 0.15) is 31.9 Å². The molecular formula is C26H32O9. The Labute approximate surface area is 204 Å². The zero-order valence-electron chi connectivity index (χ0n) is 20.0. The lowest BCUT2D eigenvalue weighted by Gasteiger charge is -2.26. The average Bonchev–Trinajstić information content (AvgIpc) is 2.81. The second-order valence-electron chi connectivity index (χ2n) is 6.91. The van der Waals surface area contributed by atoms with Crippen LogP contribution in [-0.2, 0) is 19.8 Å². The molecule has 0 amide bonds. The van der Waals surface area contributed by atoms with E-state index < -0.39 is 17.9 Å². The van der Waals surface area contributed by atoms with Crippen LogP contribution in [0.2, 0.25) is 0 Å². The Balaban J connectivity index is 0. The summed E-state index contributed by atoms with van der Waals surface area (Å²) in [6.07, 6.45) is 2.50. The fourth-order valence-corrected chi connectivity index (χ4v) is 2.22. The molecule has 9 nitrogen and oxygen atoms in total. The number of hydrogen-bond donors (Lipinski definition) is 5. The summed E-state index contributed by atoms with van der Waals surface area (Å²) in [7, 11) is 0. The number of aromatic hydroxyl groups is 2. The number of carbonyl (C=O) groups is 3. The highest BCUT2D eigenvalue weighted by Gasteiger charge is 2.24. The van der Waals surface area contributed by atoms with Gasteiger partial charge in [-0.2, -0.15) is 0 Å². The Bertz CT molecular complexity index is 948. The van der Waals surface area contributed by atoms with Crippen LogP contribution in [0.4, 0.5) is 0 Å². The van der Waals surface area contributed by atoms with Crippen molar-refractivity contribution in [3.63, 3.8) is 0 Å². The van der Waals surface area contributed by atoms with Crippen molar-refractivity contribution in [3.05, 3.63) is 91.6 Å². The van der Waals surface area contributed by atoms with Gasteiger partial charge in [-0.15, -0.1) is 0 Å². The van der Waals surface area contributed by atoms with Gasteiger partial charge in [0.25, 0.3) is 0 Å². The molecule has 0 spiro atoms. The largest absolute Gasteiger partial charge is 0.508 e. The minimum atomic E-state index is -0.981. The van der Waals surface area contributed by atoms with Crippen LogP contribution in [0.25, 0.3) is 0 Å². The monoisotopic (exact) mass is 488 g/mol. The number of rotatable bonds is 7. The van der Waals surface area contributed by atoms with E-state index in [2.05, 4.69) is 33.6 Å². The molecule has 2 rings (SSSR count). The van der Waals surface area contributed by atoms with Gasteiger partial charge in [0.2, 0.25) is 0 Å². The van der Waals surface area contributed by atoms with E-state index in [-0.39, 0.29) is 16.9 Å². The van der Waals surface area contributed by atoms with Crippen LogP contribution >= 0.6 is 0 Å². The van der Waals surface area contributed by atoms with E-state index in [4.69, 9.17) is 20.1 Å². The van der Waals surface area contributed by atoms with Gasteiger partial charge in [0.05, 0.1) is 6.61 Å². The second-order valence-corrected chi connectivity index (χ2v) is 6.91. The van der Waals surface area contributed by atoms with Crippen LogP contribution < -0.4 is 4.74 Å². The van der Waals surface area contributed by atoms with Gasteiger partial charge < -0.3 is 30.3 Å². The molecule has 0 saturated carbocycles. The first kappa shape index (κ1) is 32.6. The summed E-state index contributed by atoms with van der Waals surface area (Å²) in [6, 6.07) is 12.6. The zero-order valence-corrected chi connectivity index (χ0v) is 20.0. The number of aliphatic carboxylic acids is 3. The van der Waals surface area contributed by atoms with Gasteiger partial charge >= 0.3 is 17.9 Å². The fraction of sp³-hybridized carbons (Fsp3) is 0.192. The van der Waals surface area contributed by atoms with E-state index in [1.807, 2.05) is 31.2 Å². The maximum Gasteiger partial charge on any atom is 0.327 e. The van der Waals surface area contributed by atoms with Crippen molar-refractivity contribution in [2.45, 2.75) is 26.2 Å². The molecule has 0 aromatic heterocycles. The Hall–Kier alpha value is -4.53. The van der Waals surface area contributed by atoms with Crippen LogP contribution in [0.15, 0.2) is 80.4 Å². The Morgan fingerprint density at radius 1 is 0.800 bits per heavy atom. The summed E-state index contributed by atoms with van der Waals surface area (Å²) in [6.45, 7) is 15.5. The number of phenolic OH excluding ortho intramolecular Hbond substituents is 2. The molecule has 0 atom stereocenters. The molecule has 0 aliphatic carbocycles. The third-order valence-electron chi connectivity index (χ3n) is 4.09. The standard InChI is InChI=1S/C17H20O3.3C3H4O2/c1-4-20-16-11-13(7-10-15(16)19)17(2,3)12-5-8-14(18)9-6-12;3*1-2-3(4)5/h5-11,18-19H,4H2,1-3H3;3*2H,1H2,(H,4,5). The minimum Gasteiger partial charge on any atom is -0.508 e. The maximum absolute atomic E-state index is 9.78. The van der Waals surface area contributed by atoms with E-state index >= 15 is 0 Å². The first-order chi connectivity index (χ1) is 16.3. The summed E-state index contributed by atoms with van der Waals surface area (Å²) in [5.74, 6) is -2.04. The molecule has 9 heteroatoms. The highest BCUT2D eigenvalue weighted by Crippen LogP contribution is 2.37. The normalized spacial score (nSPS) is 9.23. The van der Waals surface area contributed by atoms with Crippen LogP contribution in [0.5, 0.6) is 17.2 Å². The average molecular weight is 489 g/mol. The molecule has 0 aliphatic heterocycles. The minimum absolute atomic E-state index is 0.150. The van der Waals surface area contributed by atoms with Gasteiger partial charge in [-0.05, 0) is 42.3 Å². The van der Waals surface area contributed by atoms with Crippen molar-refractivity contribution in [2.24, 2.45) is 0 Å². The lowest BCUT2D eigenvalue weighted by atomic mass is 9.78. The molecule has 190 valence electrons. The van der Waals surface area contributed by atoms with Crippen molar-refractivity contribution < 1.29 is 44.7 Å². The summed E-state index contributed by atoms with van der Waals surface area (Å²) < 4.78 is 5.44. The fourth-order valence-electron chi connectivity index (χ4n) is 2.22. The zero-order chi connectivity index (χ0) is 27.6. The van der Waals surface area contributed by atoms with E-state index in [9.17, 15) is 24.6 Å². The summed E-state index contributed by atoms with van der Waals surface area (Å²) >= 11 is 0. The smallest absolute Gasteiger partial charge is 0.327 e. The predicted octanol–water partition coefficient (Wildman–Crippen LogP) is 4.59. The Morgan fingerprint density at radius 3 is 1.51 bits per heavy atom. The first-order valence-electron chi connectivity index (χ1n) is 10.1. The number of benzene rings is 2. The molecule has 2 aromatic rings. The van der Waals surface area contributed by atoms with Gasteiger partial charge in [-0.3, -0.25) is 0 Å². The molecular weight excluding hydrogens is 456 g/mol. The highest BCUT2D eigenvalue weighted by molar-refractivity contribution is 5.79. The van der Waals surface area contributed by atoms with E-state index in [1.54, 1.807) is 18.2 Å². The molecule has 0 radical (unpaired) electrons. The summed E-state index contributed by atoms with van der Waals surface area (Å²) in [5.41, 5.74) is 1.89. The van der Waals surface area contributed by atoms with Crippen molar-refractivity contribution in [1.82, 2.24) is 0 Å². The number of ether oxygens (including phenoxy) is 1. The number of hydrogen-bond acceptors (Lipinski definition) is 6. The molecule has 2 aromatic carbocycles. The SMILES string of the molecule is C=CC(=O)O.C=CC(=O)O.C=CC(=O)O.CCOc1cc(C(C)(C)c2ccc(O)cc2)ccc1O. The van der Waals surface area contributed by atoms with E-state index in [1.165, 1.54) is 0 Å². The van der Waals surface area contributed by atoms with Gasteiger partial charge in [0.15, 0.2) is 11.5 Å². The molecule has 0 saturated heterocycles. The molecule has 35 heavy (non-hydrogen) atoms. The molecule has 0 aliphatic rings. The van der Waals surface area contributed by atoms with Crippen molar-refractivity contribution >= 4 is 17.9 Å². The van der Waals surface area contributed by atoms with Gasteiger partial charge in [0, 0.05) is 23.6 Å². The first-order valence-corrected chi connectivity index (χ1v) is 10.1. The van der Waals surface area contributed by atoms with Crippen LogP contribution in [-0.4, -0.2) is 50.0 Å².